The van der Waals surface area contributed by atoms with Gasteiger partial charge in [0.2, 0.25) is 0 Å². The molecule has 0 N–H and O–H groups in total. The van der Waals surface area contributed by atoms with E-state index in [-0.39, 0.29) is 5.97 Å². The summed E-state index contributed by atoms with van der Waals surface area (Å²) in [4.78, 5) is 15.5. The zero-order chi connectivity index (χ0) is 13.5. The molecule has 0 aromatic carbocycles. The minimum atomic E-state index is -0.215. The summed E-state index contributed by atoms with van der Waals surface area (Å²) in [5, 5.41) is 9.78. The van der Waals surface area contributed by atoms with Crippen molar-refractivity contribution in [3.63, 3.8) is 0 Å². The highest BCUT2D eigenvalue weighted by Crippen LogP contribution is 2.24. The Morgan fingerprint density at radius 1 is 1.56 bits per heavy atom. The second kappa shape index (κ2) is 7.02. The molecule has 0 atom stereocenters. The van der Waals surface area contributed by atoms with Crippen LogP contribution in [0.5, 0.6) is 0 Å². The monoisotopic (exact) mass is 264 g/mol. The van der Waals surface area contributed by atoms with E-state index in [9.17, 15) is 4.79 Å². The molecule has 18 heavy (non-hydrogen) atoms. The predicted molar refractivity (Wildman–Crippen MR) is 70.4 cm³/mol. The lowest BCUT2D eigenvalue weighted by Crippen LogP contribution is -2.05. The summed E-state index contributed by atoms with van der Waals surface area (Å²) in [7, 11) is 0. The maximum absolute atomic E-state index is 11.2. The van der Waals surface area contributed by atoms with Crippen molar-refractivity contribution in [1.82, 2.24) is 4.98 Å². The summed E-state index contributed by atoms with van der Waals surface area (Å²) in [6, 6.07) is 4.04. The van der Waals surface area contributed by atoms with Gasteiger partial charge in [0.05, 0.1) is 18.6 Å². The lowest BCUT2D eigenvalue weighted by molar-refractivity contribution is -0.142. The number of pyridine rings is 1. The van der Waals surface area contributed by atoms with Crippen molar-refractivity contribution in [2.75, 3.05) is 12.4 Å². The zero-order valence-corrected chi connectivity index (χ0v) is 11.6. The molecule has 0 aliphatic rings. The van der Waals surface area contributed by atoms with E-state index in [1.165, 1.54) is 11.8 Å². The van der Waals surface area contributed by atoms with E-state index in [2.05, 4.69) is 11.1 Å². The summed E-state index contributed by atoms with van der Waals surface area (Å²) in [5.74, 6) is 0.358. The van der Waals surface area contributed by atoms with Gasteiger partial charge in [0, 0.05) is 11.4 Å². The summed E-state index contributed by atoms with van der Waals surface area (Å²) < 4.78 is 4.85. The number of aryl methyl sites for hydroxylation is 2. The lowest BCUT2D eigenvalue weighted by atomic mass is 10.1. The third-order valence-electron chi connectivity index (χ3n) is 2.27. The third-order valence-corrected chi connectivity index (χ3v) is 3.25. The Hall–Kier alpha value is -1.54. The fourth-order valence-electron chi connectivity index (χ4n) is 1.51. The highest BCUT2D eigenvalue weighted by atomic mass is 32.2. The molecule has 0 saturated carbocycles. The summed E-state index contributed by atoms with van der Waals surface area (Å²) in [6.45, 7) is 5.96. The van der Waals surface area contributed by atoms with Gasteiger partial charge < -0.3 is 4.74 Å². The normalized spacial score (nSPS) is 9.89. The van der Waals surface area contributed by atoms with Gasteiger partial charge in [-0.25, -0.2) is 4.98 Å². The van der Waals surface area contributed by atoms with Crippen LogP contribution in [0.4, 0.5) is 0 Å². The van der Waals surface area contributed by atoms with Crippen LogP contribution in [0.15, 0.2) is 11.1 Å². The van der Waals surface area contributed by atoms with Crippen molar-refractivity contribution in [2.24, 2.45) is 0 Å². The van der Waals surface area contributed by atoms with E-state index in [1.54, 1.807) is 6.92 Å². The molecule has 0 radical (unpaired) electrons. The SMILES string of the molecule is CCOC(=O)CCSc1nc(C)cc(C)c1C#N. The first-order chi connectivity index (χ1) is 8.58. The molecule has 0 unspecified atom stereocenters. The highest BCUT2D eigenvalue weighted by Gasteiger charge is 2.10. The first kappa shape index (κ1) is 14.5. The van der Waals surface area contributed by atoms with E-state index in [0.29, 0.717) is 29.4 Å². The Bertz CT molecular complexity index is 481. The van der Waals surface area contributed by atoms with Crippen molar-refractivity contribution >= 4 is 17.7 Å². The van der Waals surface area contributed by atoms with E-state index >= 15 is 0 Å². The van der Waals surface area contributed by atoms with Crippen molar-refractivity contribution in [3.05, 3.63) is 22.9 Å². The molecule has 0 fully saturated rings. The Kier molecular flexibility index (Phi) is 5.66. The van der Waals surface area contributed by atoms with Crippen LogP contribution in [-0.4, -0.2) is 23.3 Å². The number of carbonyl (C=O) groups excluding carboxylic acids is 1. The molecular weight excluding hydrogens is 248 g/mol. The largest absolute Gasteiger partial charge is 0.466 e. The maximum atomic E-state index is 11.2. The molecule has 1 aromatic rings. The summed E-state index contributed by atoms with van der Waals surface area (Å²) >= 11 is 1.42. The zero-order valence-electron chi connectivity index (χ0n) is 10.8. The molecule has 5 heteroatoms. The van der Waals surface area contributed by atoms with Gasteiger partial charge in [0.15, 0.2) is 0 Å². The van der Waals surface area contributed by atoms with Gasteiger partial charge in [0.1, 0.15) is 11.1 Å². The second-order valence-electron chi connectivity index (χ2n) is 3.78. The van der Waals surface area contributed by atoms with E-state index in [1.807, 2.05) is 19.9 Å². The minimum absolute atomic E-state index is 0.215. The van der Waals surface area contributed by atoms with E-state index in [0.717, 1.165) is 11.3 Å². The lowest BCUT2D eigenvalue weighted by Gasteiger charge is -2.07. The van der Waals surface area contributed by atoms with Crippen LogP contribution in [-0.2, 0) is 9.53 Å². The van der Waals surface area contributed by atoms with Crippen LogP contribution in [0.1, 0.15) is 30.2 Å². The average molecular weight is 264 g/mol. The Balaban J connectivity index is 2.68. The molecule has 0 aliphatic carbocycles. The molecule has 4 nitrogen and oxygen atoms in total. The maximum Gasteiger partial charge on any atom is 0.306 e. The van der Waals surface area contributed by atoms with Crippen molar-refractivity contribution in [2.45, 2.75) is 32.2 Å². The fraction of sp³-hybridized carbons (Fsp3) is 0.462. The highest BCUT2D eigenvalue weighted by molar-refractivity contribution is 7.99. The first-order valence-corrected chi connectivity index (χ1v) is 6.73. The van der Waals surface area contributed by atoms with E-state index < -0.39 is 0 Å². The number of nitrogens with zero attached hydrogens (tertiary/aromatic N) is 2. The number of esters is 1. The third kappa shape index (κ3) is 4.04. The molecule has 96 valence electrons. The number of hydrogen-bond acceptors (Lipinski definition) is 5. The van der Waals surface area contributed by atoms with Crippen LogP contribution in [0.3, 0.4) is 0 Å². The van der Waals surface area contributed by atoms with Gasteiger partial charge in [-0.3, -0.25) is 4.79 Å². The molecule has 1 heterocycles. The van der Waals surface area contributed by atoms with Gasteiger partial charge in [0.25, 0.3) is 0 Å². The summed E-state index contributed by atoms with van der Waals surface area (Å²) in [6.07, 6.45) is 0.331. The molecule has 0 bridgehead atoms. The molecule has 0 aliphatic heterocycles. The number of aromatic nitrogens is 1. The van der Waals surface area contributed by atoms with Crippen LogP contribution >= 0.6 is 11.8 Å². The van der Waals surface area contributed by atoms with Gasteiger partial charge >= 0.3 is 5.97 Å². The van der Waals surface area contributed by atoms with Crippen LogP contribution < -0.4 is 0 Å². The Morgan fingerprint density at radius 2 is 2.28 bits per heavy atom. The quantitative estimate of drug-likeness (QED) is 0.604. The molecule has 0 saturated heterocycles. The van der Waals surface area contributed by atoms with Crippen molar-refractivity contribution < 1.29 is 9.53 Å². The van der Waals surface area contributed by atoms with E-state index in [4.69, 9.17) is 10.00 Å². The number of hydrogen-bond donors (Lipinski definition) is 0. The molecule has 1 aromatic heterocycles. The molecule has 1 rings (SSSR count). The first-order valence-electron chi connectivity index (χ1n) is 5.75. The average Bonchev–Trinajstić information content (AvgIpc) is 2.28. The predicted octanol–water partition coefficient (Wildman–Crippen LogP) is 2.62. The van der Waals surface area contributed by atoms with Gasteiger partial charge in [-0.2, -0.15) is 5.26 Å². The van der Waals surface area contributed by atoms with Gasteiger partial charge in [-0.05, 0) is 32.4 Å². The van der Waals surface area contributed by atoms with Crippen LogP contribution in [0.25, 0.3) is 0 Å². The summed E-state index contributed by atoms with van der Waals surface area (Å²) in [5.41, 5.74) is 2.39. The smallest absolute Gasteiger partial charge is 0.306 e. The van der Waals surface area contributed by atoms with Gasteiger partial charge in [-0.1, -0.05) is 0 Å². The topological polar surface area (TPSA) is 63.0 Å². The molecule has 0 amide bonds. The standard InChI is InChI=1S/C13H16N2O2S/c1-4-17-12(16)5-6-18-13-11(8-14)9(2)7-10(3)15-13/h7H,4-6H2,1-3H3. The fourth-order valence-corrected chi connectivity index (χ4v) is 2.53. The van der Waals surface area contributed by atoms with Gasteiger partial charge in [-0.15, -0.1) is 11.8 Å². The Morgan fingerprint density at radius 3 is 2.89 bits per heavy atom. The molecule has 0 spiro atoms. The van der Waals surface area contributed by atoms with Crippen LogP contribution in [0, 0.1) is 25.2 Å². The molecular formula is C13H16N2O2S. The van der Waals surface area contributed by atoms with Crippen molar-refractivity contribution in [3.8, 4) is 6.07 Å². The number of carbonyl (C=O) groups is 1. The minimum Gasteiger partial charge on any atom is -0.466 e. The van der Waals surface area contributed by atoms with Crippen molar-refractivity contribution in [1.29, 1.82) is 5.26 Å². The van der Waals surface area contributed by atoms with Crippen LogP contribution in [0.2, 0.25) is 0 Å². The number of rotatable bonds is 5. The Labute approximate surface area is 111 Å². The number of ether oxygens (including phenoxy) is 1. The number of thioether (sulfide) groups is 1. The second-order valence-corrected chi connectivity index (χ2v) is 4.86. The number of nitriles is 1.